The molecule has 1 saturated heterocycles. The third kappa shape index (κ3) is 3.52. The van der Waals surface area contributed by atoms with Crippen LogP contribution in [0.15, 0.2) is 22.8 Å². The number of nitrogens with zero attached hydrogens (tertiary/aromatic N) is 2. The SMILES string of the molecule is CCC1(C)CCN(Cc2ccc(Br)cn2)CC1. The number of pyridine rings is 1. The number of hydrogen-bond acceptors (Lipinski definition) is 2. The smallest absolute Gasteiger partial charge is 0.0544 e. The van der Waals surface area contributed by atoms with Gasteiger partial charge in [0.25, 0.3) is 0 Å². The van der Waals surface area contributed by atoms with Gasteiger partial charge in [0, 0.05) is 17.2 Å². The molecule has 1 fully saturated rings. The highest BCUT2D eigenvalue weighted by Gasteiger charge is 2.28. The van der Waals surface area contributed by atoms with Crippen molar-refractivity contribution in [1.82, 2.24) is 9.88 Å². The molecule has 0 unspecified atom stereocenters. The van der Waals surface area contributed by atoms with E-state index in [4.69, 9.17) is 0 Å². The Labute approximate surface area is 113 Å². The summed E-state index contributed by atoms with van der Waals surface area (Å²) in [4.78, 5) is 6.96. The summed E-state index contributed by atoms with van der Waals surface area (Å²) in [6, 6.07) is 4.18. The quantitative estimate of drug-likeness (QED) is 0.842. The lowest BCUT2D eigenvalue weighted by Gasteiger charge is -2.38. The second kappa shape index (κ2) is 5.49. The molecule has 0 bridgehead atoms. The second-order valence-corrected chi connectivity index (χ2v) is 6.32. The molecule has 0 radical (unpaired) electrons. The van der Waals surface area contributed by atoms with E-state index < -0.39 is 0 Å². The Bertz CT molecular complexity index is 353. The number of piperidine rings is 1. The molecule has 0 spiro atoms. The maximum atomic E-state index is 4.44. The Morgan fingerprint density at radius 2 is 2.06 bits per heavy atom. The molecule has 0 aliphatic carbocycles. The van der Waals surface area contributed by atoms with E-state index >= 15 is 0 Å². The average molecular weight is 297 g/mol. The van der Waals surface area contributed by atoms with Crippen molar-refractivity contribution in [2.75, 3.05) is 13.1 Å². The number of aromatic nitrogens is 1. The van der Waals surface area contributed by atoms with Crippen molar-refractivity contribution >= 4 is 15.9 Å². The minimum absolute atomic E-state index is 0.573. The van der Waals surface area contributed by atoms with E-state index in [-0.39, 0.29) is 0 Å². The maximum Gasteiger partial charge on any atom is 0.0544 e. The van der Waals surface area contributed by atoms with Gasteiger partial charge in [-0.2, -0.15) is 0 Å². The van der Waals surface area contributed by atoms with Crippen LogP contribution in [0.25, 0.3) is 0 Å². The Morgan fingerprint density at radius 3 is 2.59 bits per heavy atom. The van der Waals surface area contributed by atoms with E-state index in [0.29, 0.717) is 5.41 Å². The van der Waals surface area contributed by atoms with Gasteiger partial charge < -0.3 is 0 Å². The molecule has 2 heterocycles. The summed E-state index contributed by atoms with van der Waals surface area (Å²) in [7, 11) is 0. The molecular weight excluding hydrogens is 276 g/mol. The molecule has 1 aromatic rings. The van der Waals surface area contributed by atoms with Crippen LogP contribution < -0.4 is 0 Å². The molecule has 94 valence electrons. The lowest BCUT2D eigenvalue weighted by molar-refractivity contribution is 0.109. The van der Waals surface area contributed by atoms with Crippen molar-refractivity contribution in [3.63, 3.8) is 0 Å². The van der Waals surface area contributed by atoms with Gasteiger partial charge in [0.05, 0.1) is 5.69 Å². The fourth-order valence-electron chi connectivity index (χ4n) is 2.33. The molecule has 17 heavy (non-hydrogen) atoms. The standard InChI is InChI=1S/C14H21BrN2/c1-3-14(2)6-8-17(9-7-14)11-13-5-4-12(15)10-16-13/h4-5,10H,3,6-9,11H2,1-2H3. The van der Waals surface area contributed by atoms with E-state index in [1.807, 2.05) is 6.20 Å². The van der Waals surface area contributed by atoms with E-state index in [1.165, 1.54) is 38.0 Å². The van der Waals surface area contributed by atoms with Crippen LogP contribution in [0.1, 0.15) is 38.8 Å². The van der Waals surface area contributed by atoms with Gasteiger partial charge in [-0.3, -0.25) is 9.88 Å². The third-order valence-corrected chi connectivity index (χ3v) is 4.56. The van der Waals surface area contributed by atoms with Crippen LogP contribution in [-0.4, -0.2) is 23.0 Å². The summed E-state index contributed by atoms with van der Waals surface area (Å²) in [6.07, 6.45) is 5.83. The summed E-state index contributed by atoms with van der Waals surface area (Å²) in [6.45, 7) is 8.14. The normalized spacial score (nSPS) is 20.4. The topological polar surface area (TPSA) is 16.1 Å². The van der Waals surface area contributed by atoms with Gasteiger partial charge in [-0.25, -0.2) is 0 Å². The van der Waals surface area contributed by atoms with Crippen LogP contribution >= 0.6 is 15.9 Å². The summed E-state index contributed by atoms with van der Waals surface area (Å²) in [5, 5.41) is 0. The molecule has 0 atom stereocenters. The molecule has 0 N–H and O–H groups in total. The van der Waals surface area contributed by atoms with Crippen molar-refractivity contribution in [2.45, 2.75) is 39.7 Å². The van der Waals surface area contributed by atoms with E-state index in [1.54, 1.807) is 0 Å². The van der Waals surface area contributed by atoms with Crippen LogP contribution in [0.2, 0.25) is 0 Å². The van der Waals surface area contributed by atoms with E-state index in [0.717, 1.165) is 11.0 Å². The maximum absolute atomic E-state index is 4.44. The van der Waals surface area contributed by atoms with Gasteiger partial charge in [-0.1, -0.05) is 20.3 Å². The summed E-state index contributed by atoms with van der Waals surface area (Å²) >= 11 is 3.42. The number of rotatable bonds is 3. The summed E-state index contributed by atoms with van der Waals surface area (Å²) < 4.78 is 1.05. The van der Waals surface area contributed by atoms with Crippen LogP contribution in [0.3, 0.4) is 0 Å². The monoisotopic (exact) mass is 296 g/mol. The highest BCUT2D eigenvalue weighted by atomic mass is 79.9. The molecule has 2 nitrogen and oxygen atoms in total. The van der Waals surface area contributed by atoms with Crippen molar-refractivity contribution in [1.29, 1.82) is 0 Å². The predicted molar refractivity (Wildman–Crippen MR) is 74.8 cm³/mol. The molecule has 1 aromatic heterocycles. The lowest BCUT2D eigenvalue weighted by atomic mass is 9.78. The Balaban J connectivity index is 1.88. The number of hydrogen-bond donors (Lipinski definition) is 0. The van der Waals surface area contributed by atoms with Crippen molar-refractivity contribution in [2.24, 2.45) is 5.41 Å². The van der Waals surface area contributed by atoms with Gasteiger partial charge in [0.1, 0.15) is 0 Å². The fraction of sp³-hybridized carbons (Fsp3) is 0.643. The van der Waals surface area contributed by atoms with Gasteiger partial charge in [0.2, 0.25) is 0 Å². The van der Waals surface area contributed by atoms with Crippen molar-refractivity contribution in [3.8, 4) is 0 Å². The third-order valence-electron chi connectivity index (χ3n) is 4.09. The highest BCUT2D eigenvalue weighted by molar-refractivity contribution is 9.10. The molecule has 0 saturated carbocycles. The first-order valence-electron chi connectivity index (χ1n) is 6.44. The van der Waals surface area contributed by atoms with E-state index in [2.05, 4.69) is 51.8 Å². The fourth-order valence-corrected chi connectivity index (χ4v) is 2.57. The Kier molecular flexibility index (Phi) is 4.21. The first-order chi connectivity index (χ1) is 8.11. The minimum atomic E-state index is 0.573. The van der Waals surface area contributed by atoms with E-state index in [9.17, 15) is 0 Å². The molecule has 0 aromatic carbocycles. The largest absolute Gasteiger partial charge is 0.297 e. The van der Waals surface area contributed by atoms with Crippen LogP contribution in [0, 0.1) is 5.41 Å². The van der Waals surface area contributed by atoms with Crippen molar-refractivity contribution in [3.05, 3.63) is 28.5 Å². The molecular formula is C14H21BrN2. The molecule has 1 aliphatic heterocycles. The average Bonchev–Trinajstić information content (AvgIpc) is 2.35. The first-order valence-corrected chi connectivity index (χ1v) is 7.23. The molecule has 1 aliphatic rings. The van der Waals surface area contributed by atoms with Crippen LogP contribution in [0.4, 0.5) is 0 Å². The highest BCUT2D eigenvalue weighted by Crippen LogP contribution is 2.34. The zero-order valence-electron chi connectivity index (χ0n) is 10.7. The minimum Gasteiger partial charge on any atom is -0.297 e. The van der Waals surface area contributed by atoms with Crippen LogP contribution in [-0.2, 0) is 6.54 Å². The number of likely N-dealkylation sites (tertiary alicyclic amines) is 1. The zero-order chi connectivity index (χ0) is 12.3. The summed E-state index contributed by atoms with van der Waals surface area (Å²) in [5.41, 5.74) is 1.75. The van der Waals surface area contributed by atoms with Crippen molar-refractivity contribution < 1.29 is 0 Å². The molecule has 3 heteroatoms. The van der Waals surface area contributed by atoms with Gasteiger partial charge in [0.15, 0.2) is 0 Å². The molecule has 2 rings (SSSR count). The zero-order valence-corrected chi connectivity index (χ0v) is 12.3. The Morgan fingerprint density at radius 1 is 1.35 bits per heavy atom. The first kappa shape index (κ1) is 13.0. The Hall–Kier alpha value is -0.410. The van der Waals surface area contributed by atoms with Gasteiger partial charge in [-0.15, -0.1) is 0 Å². The predicted octanol–water partition coefficient (Wildman–Crippen LogP) is 3.86. The van der Waals surface area contributed by atoms with Gasteiger partial charge >= 0.3 is 0 Å². The van der Waals surface area contributed by atoms with Crippen LogP contribution in [0.5, 0.6) is 0 Å². The summed E-state index contributed by atoms with van der Waals surface area (Å²) in [5.74, 6) is 0. The number of halogens is 1. The van der Waals surface area contributed by atoms with Gasteiger partial charge in [-0.05, 0) is 59.4 Å². The second-order valence-electron chi connectivity index (χ2n) is 5.41. The lowest BCUT2D eigenvalue weighted by Crippen LogP contribution is -2.38. The molecule has 0 amide bonds.